The maximum absolute atomic E-state index is 11.0. The summed E-state index contributed by atoms with van der Waals surface area (Å²) in [5, 5.41) is 3.36. The van der Waals surface area contributed by atoms with Crippen molar-refractivity contribution in [2.45, 2.75) is 39.3 Å². The summed E-state index contributed by atoms with van der Waals surface area (Å²) < 4.78 is 15.6. The number of rotatable bonds is 9. The number of ether oxygens (including phenoxy) is 3. The molecule has 0 spiro atoms. The van der Waals surface area contributed by atoms with E-state index >= 15 is 0 Å². The Morgan fingerprint density at radius 3 is 2.67 bits per heavy atom. The molecule has 0 aliphatic heterocycles. The van der Waals surface area contributed by atoms with Crippen LogP contribution in [0.2, 0.25) is 0 Å². The van der Waals surface area contributed by atoms with Crippen LogP contribution in [0.5, 0.6) is 11.5 Å². The molecule has 0 unspecified atom stereocenters. The largest absolute Gasteiger partial charge is 0.497 e. The minimum absolute atomic E-state index is 0.213. The van der Waals surface area contributed by atoms with Crippen molar-refractivity contribution < 1.29 is 19.0 Å². The van der Waals surface area contributed by atoms with Crippen LogP contribution in [0.25, 0.3) is 0 Å². The SMILES string of the molecule is COC(=O)CCCOc1ccc(OC)cc1CNC(C)C. The van der Waals surface area contributed by atoms with Crippen LogP contribution >= 0.6 is 0 Å². The van der Waals surface area contributed by atoms with E-state index < -0.39 is 0 Å². The highest BCUT2D eigenvalue weighted by Crippen LogP contribution is 2.24. The molecule has 1 rings (SSSR count). The van der Waals surface area contributed by atoms with Crippen LogP contribution in [0, 0.1) is 0 Å². The Balaban J connectivity index is 2.60. The zero-order chi connectivity index (χ0) is 15.7. The Morgan fingerprint density at radius 1 is 1.29 bits per heavy atom. The van der Waals surface area contributed by atoms with Gasteiger partial charge in [0.1, 0.15) is 11.5 Å². The summed E-state index contributed by atoms with van der Waals surface area (Å²) in [6.45, 7) is 5.38. The average molecular weight is 295 g/mol. The first-order valence-corrected chi connectivity index (χ1v) is 7.16. The quantitative estimate of drug-likeness (QED) is 0.560. The summed E-state index contributed by atoms with van der Waals surface area (Å²) in [6, 6.07) is 6.12. The lowest BCUT2D eigenvalue weighted by Crippen LogP contribution is -2.22. The van der Waals surface area contributed by atoms with Gasteiger partial charge in [-0.3, -0.25) is 4.79 Å². The lowest BCUT2D eigenvalue weighted by molar-refractivity contribution is -0.140. The minimum atomic E-state index is -0.213. The summed E-state index contributed by atoms with van der Waals surface area (Å²) in [6.07, 6.45) is 1.00. The number of carbonyl (C=O) groups is 1. The highest BCUT2D eigenvalue weighted by molar-refractivity contribution is 5.69. The smallest absolute Gasteiger partial charge is 0.305 e. The summed E-state index contributed by atoms with van der Waals surface area (Å²) in [4.78, 5) is 11.0. The predicted molar refractivity (Wildman–Crippen MR) is 81.7 cm³/mol. The van der Waals surface area contributed by atoms with Crippen LogP contribution in [-0.4, -0.2) is 32.8 Å². The molecule has 0 aliphatic rings. The lowest BCUT2D eigenvalue weighted by Gasteiger charge is -2.15. The third kappa shape index (κ3) is 6.49. The molecule has 0 fully saturated rings. The highest BCUT2D eigenvalue weighted by Gasteiger charge is 2.07. The summed E-state index contributed by atoms with van der Waals surface area (Å²) in [5.41, 5.74) is 1.04. The summed E-state index contributed by atoms with van der Waals surface area (Å²) in [7, 11) is 3.04. The molecule has 0 aliphatic carbocycles. The fraction of sp³-hybridized carbons (Fsp3) is 0.562. The molecule has 118 valence electrons. The van der Waals surface area contributed by atoms with Crippen LogP contribution in [0.4, 0.5) is 0 Å². The maximum Gasteiger partial charge on any atom is 0.305 e. The molecule has 0 radical (unpaired) electrons. The Morgan fingerprint density at radius 2 is 2.05 bits per heavy atom. The van der Waals surface area contributed by atoms with Gasteiger partial charge in [0.05, 0.1) is 20.8 Å². The molecular weight excluding hydrogens is 270 g/mol. The van der Waals surface area contributed by atoms with Gasteiger partial charge in [0.2, 0.25) is 0 Å². The van der Waals surface area contributed by atoms with Crippen molar-refractivity contribution >= 4 is 5.97 Å². The highest BCUT2D eigenvalue weighted by atomic mass is 16.5. The van der Waals surface area contributed by atoms with Gasteiger partial charge in [0.15, 0.2) is 0 Å². The van der Waals surface area contributed by atoms with Crippen LogP contribution < -0.4 is 14.8 Å². The number of carbonyl (C=O) groups excluding carboxylic acids is 1. The van der Waals surface area contributed by atoms with Crippen LogP contribution in [0.15, 0.2) is 18.2 Å². The molecule has 0 atom stereocenters. The van der Waals surface area contributed by atoms with E-state index in [-0.39, 0.29) is 5.97 Å². The molecule has 0 saturated carbocycles. The molecule has 5 nitrogen and oxygen atoms in total. The van der Waals surface area contributed by atoms with Crippen molar-refractivity contribution in [2.24, 2.45) is 0 Å². The molecular formula is C16H25NO4. The van der Waals surface area contributed by atoms with Gasteiger partial charge in [-0.1, -0.05) is 13.8 Å². The third-order valence-corrected chi connectivity index (χ3v) is 2.98. The van der Waals surface area contributed by atoms with Crippen molar-refractivity contribution in [1.82, 2.24) is 5.32 Å². The van der Waals surface area contributed by atoms with Crippen molar-refractivity contribution in [2.75, 3.05) is 20.8 Å². The Kier molecular flexibility index (Phi) is 7.61. The zero-order valence-corrected chi connectivity index (χ0v) is 13.3. The molecule has 0 aromatic heterocycles. The molecule has 0 saturated heterocycles. The number of benzene rings is 1. The first-order chi connectivity index (χ1) is 10.1. The Hall–Kier alpha value is -1.75. The van der Waals surface area contributed by atoms with E-state index in [1.165, 1.54) is 7.11 Å². The van der Waals surface area contributed by atoms with E-state index in [1.807, 2.05) is 18.2 Å². The fourth-order valence-electron chi connectivity index (χ4n) is 1.78. The van der Waals surface area contributed by atoms with Crippen LogP contribution in [0.3, 0.4) is 0 Å². The van der Waals surface area contributed by atoms with Gasteiger partial charge in [0.25, 0.3) is 0 Å². The van der Waals surface area contributed by atoms with E-state index in [2.05, 4.69) is 23.9 Å². The lowest BCUT2D eigenvalue weighted by atomic mass is 10.1. The molecule has 0 heterocycles. The normalized spacial score (nSPS) is 10.5. The van der Waals surface area contributed by atoms with Gasteiger partial charge in [-0.15, -0.1) is 0 Å². The number of hydrogen-bond acceptors (Lipinski definition) is 5. The van der Waals surface area contributed by atoms with Gasteiger partial charge in [-0.2, -0.15) is 0 Å². The summed E-state index contributed by atoms with van der Waals surface area (Å²) >= 11 is 0. The predicted octanol–water partition coefficient (Wildman–Crippen LogP) is 2.53. The van der Waals surface area contributed by atoms with Gasteiger partial charge in [-0.25, -0.2) is 0 Å². The van der Waals surface area contributed by atoms with Crippen molar-refractivity contribution in [3.05, 3.63) is 23.8 Å². The minimum Gasteiger partial charge on any atom is -0.497 e. The number of esters is 1. The van der Waals surface area contributed by atoms with E-state index in [9.17, 15) is 4.79 Å². The molecule has 1 N–H and O–H groups in total. The fourth-order valence-corrected chi connectivity index (χ4v) is 1.78. The van der Waals surface area contributed by atoms with E-state index in [1.54, 1.807) is 7.11 Å². The van der Waals surface area contributed by atoms with Gasteiger partial charge in [-0.05, 0) is 24.6 Å². The molecule has 0 amide bonds. The van der Waals surface area contributed by atoms with Gasteiger partial charge < -0.3 is 19.5 Å². The molecule has 1 aromatic rings. The average Bonchev–Trinajstić information content (AvgIpc) is 2.49. The van der Waals surface area contributed by atoms with Gasteiger partial charge >= 0.3 is 5.97 Å². The molecule has 5 heteroatoms. The first-order valence-electron chi connectivity index (χ1n) is 7.16. The van der Waals surface area contributed by atoms with Gasteiger partial charge in [0, 0.05) is 24.6 Å². The maximum atomic E-state index is 11.0. The van der Waals surface area contributed by atoms with E-state index in [0.29, 0.717) is 32.0 Å². The van der Waals surface area contributed by atoms with Crippen molar-refractivity contribution in [3.8, 4) is 11.5 Å². The molecule has 1 aromatic carbocycles. The van der Waals surface area contributed by atoms with E-state index in [0.717, 1.165) is 17.1 Å². The van der Waals surface area contributed by atoms with Crippen molar-refractivity contribution in [3.63, 3.8) is 0 Å². The standard InChI is InChI=1S/C16H25NO4/c1-12(2)17-11-13-10-14(19-3)7-8-15(13)21-9-5-6-16(18)20-4/h7-8,10,12,17H,5-6,9,11H2,1-4H3. The number of hydrogen-bond donors (Lipinski definition) is 1. The topological polar surface area (TPSA) is 56.8 Å². The third-order valence-electron chi connectivity index (χ3n) is 2.98. The number of nitrogens with one attached hydrogen (secondary N) is 1. The number of methoxy groups -OCH3 is 2. The van der Waals surface area contributed by atoms with Crippen LogP contribution in [-0.2, 0) is 16.1 Å². The second-order valence-corrected chi connectivity index (χ2v) is 5.04. The zero-order valence-electron chi connectivity index (χ0n) is 13.3. The van der Waals surface area contributed by atoms with Crippen LogP contribution in [0.1, 0.15) is 32.3 Å². The Bertz CT molecular complexity index is 446. The monoisotopic (exact) mass is 295 g/mol. The second-order valence-electron chi connectivity index (χ2n) is 5.04. The second kappa shape index (κ2) is 9.23. The van der Waals surface area contributed by atoms with Crippen molar-refractivity contribution in [1.29, 1.82) is 0 Å². The first kappa shape index (κ1) is 17.3. The van der Waals surface area contributed by atoms with E-state index in [4.69, 9.17) is 9.47 Å². The molecule has 21 heavy (non-hydrogen) atoms. The molecule has 0 bridgehead atoms. The Labute approximate surface area is 126 Å². The summed E-state index contributed by atoms with van der Waals surface area (Å²) in [5.74, 6) is 1.40.